The van der Waals surface area contributed by atoms with Crippen LogP contribution in [0.2, 0.25) is 0 Å². The van der Waals surface area contributed by atoms with Gasteiger partial charge in [-0.05, 0) is 32.1 Å². The summed E-state index contributed by atoms with van der Waals surface area (Å²) in [6.07, 6.45) is 30.1. The van der Waals surface area contributed by atoms with E-state index in [2.05, 4.69) is 35.4 Å². The van der Waals surface area contributed by atoms with E-state index in [1.807, 2.05) is 12.2 Å². The molecule has 0 aromatic heterocycles. The molecule has 0 fully saturated rings. The summed E-state index contributed by atoms with van der Waals surface area (Å²) in [4.78, 5) is 0. The first-order valence-electron chi connectivity index (χ1n) is 10.4. The van der Waals surface area contributed by atoms with Crippen molar-refractivity contribution in [2.75, 3.05) is 12.9 Å². The minimum absolute atomic E-state index is 0.223. The van der Waals surface area contributed by atoms with E-state index in [-0.39, 0.29) is 6.61 Å². The Morgan fingerprint density at radius 3 is 1.65 bits per heavy atom. The van der Waals surface area contributed by atoms with Crippen molar-refractivity contribution in [3.05, 3.63) is 36.5 Å². The van der Waals surface area contributed by atoms with Crippen molar-refractivity contribution in [2.45, 2.75) is 90.4 Å². The Labute approximate surface area is 162 Å². The maximum Gasteiger partial charge on any atom is 0.264 e. The summed E-state index contributed by atoms with van der Waals surface area (Å²) in [5.41, 5.74) is 0. The van der Waals surface area contributed by atoms with Crippen LogP contribution in [0.4, 0.5) is 0 Å². The molecule has 0 aromatic carbocycles. The molecule has 0 amide bonds. The fourth-order valence-electron chi connectivity index (χ4n) is 2.62. The predicted molar refractivity (Wildman–Crippen MR) is 114 cm³/mol. The highest BCUT2D eigenvalue weighted by Crippen LogP contribution is 2.10. The van der Waals surface area contributed by atoms with Crippen LogP contribution in [0.3, 0.4) is 0 Å². The Balaban J connectivity index is 3.33. The molecule has 0 spiro atoms. The lowest BCUT2D eigenvalue weighted by molar-refractivity contribution is 0.328. The van der Waals surface area contributed by atoms with Gasteiger partial charge in [-0.25, -0.2) is 0 Å². The third kappa shape index (κ3) is 23.1. The van der Waals surface area contributed by atoms with Crippen LogP contribution >= 0.6 is 0 Å². The molecule has 0 bridgehead atoms. The first-order valence-corrected chi connectivity index (χ1v) is 12.2. The molecule has 0 saturated carbocycles. The summed E-state index contributed by atoms with van der Waals surface area (Å²) in [7, 11) is -3.30. The Morgan fingerprint density at radius 1 is 0.654 bits per heavy atom. The second-order valence-corrected chi connectivity index (χ2v) is 8.46. The van der Waals surface area contributed by atoms with Gasteiger partial charge < -0.3 is 0 Å². The molecule has 0 aliphatic carbocycles. The molecule has 0 heterocycles. The standard InChI is InChI=1S/C22H40O3S/c1-3-4-5-6-7-8-9-10-11-12-13-14-15-16-17-18-19-20-21-22-25-26(2,23)24/h13-14,16-17,19-20H,3-12,15,18,21-22H2,1-2H3/b14-13-,17-16-,20-19-. The molecule has 0 N–H and O–H groups in total. The van der Waals surface area contributed by atoms with Gasteiger partial charge >= 0.3 is 0 Å². The normalized spacial score (nSPS) is 12.8. The van der Waals surface area contributed by atoms with Crippen LogP contribution in [0.15, 0.2) is 36.5 Å². The average Bonchev–Trinajstić information content (AvgIpc) is 2.59. The van der Waals surface area contributed by atoms with E-state index in [0.717, 1.165) is 19.1 Å². The summed E-state index contributed by atoms with van der Waals surface area (Å²) < 4.78 is 26.2. The first kappa shape index (κ1) is 25.1. The monoisotopic (exact) mass is 384 g/mol. The fourth-order valence-corrected chi connectivity index (χ4v) is 3.02. The van der Waals surface area contributed by atoms with E-state index in [0.29, 0.717) is 6.42 Å². The molecule has 0 radical (unpaired) electrons. The van der Waals surface area contributed by atoms with E-state index in [4.69, 9.17) is 0 Å². The van der Waals surface area contributed by atoms with Crippen molar-refractivity contribution in [2.24, 2.45) is 0 Å². The van der Waals surface area contributed by atoms with Crippen molar-refractivity contribution in [1.29, 1.82) is 0 Å². The van der Waals surface area contributed by atoms with Crippen molar-refractivity contribution in [3.8, 4) is 0 Å². The van der Waals surface area contributed by atoms with Gasteiger partial charge in [0.25, 0.3) is 10.1 Å². The largest absolute Gasteiger partial charge is 0.270 e. The van der Waals surface area contributed by atoms with Crippen molar-refractivity contribution < 1.29 is 12.6 Å². The lowest BCUT2D eigenvalue weighted by Gasteiger charge is -2.00. The highest BCUT2D eigenvalue weighted by Gasteiger charge is 1.98. The molecule has 0 atom stereocenters. The summed E-state index contributed by atoms with van der Waals surface area (Å²) in [5, 5.41) is 0. The van der Waals surface area contributed by atoms with Gasteiger partial charge in [-0.3, -0.25) is 4.18 Å². The van der Waals surface area contributed by atoms with Gasteiger partial charge in [0.15, 0.2) is 0 Å². The maximum absolute atomic E-state index is 10.8. The second-order valence-electron chi connectivity index (χ2n) is 6.82. The van der Waals surface area contributed by atoms with Gasteiger partial charge in [0.1, 0.15) is 0 Å². The summed E-state index contributed by atoms with van der Waals surface area (Å²) in [6, 6.07) is 0. The number of hydrogen-bond donors (Lipinski definition) is 0. The molecular weight excluding hydrogens is 344 g/mol. The second kappa shape index (κ2) is 18.9. The fraction of sp³-hybridized carbons (Fsp3) is 0.727. The van der Waals surface area contributed by atoms with Crippen molar-refractivity contribution in [1.82, 2.24) is 0 Å². The van der Waals surface area contributed by atoms with Crippen LogP contribution in [0.25, 0.3) is 0 Å². The third-order valence-corrected chi connectivity index (χ3v) is 4.70. The first-order chi connectivity index (χ1) is 12.6. The number of hydrogen-bond acceptors (Lipinski definition) is 3. The zero-order valence-electron chi connectivity index (χ0n) is 17.0. The van der Waals surface area contributed by atoms with Crippen LogP contribution in [0.1, 0.15) is 90.4 Å². The Morgan fingerprint density at radius 2 is 1.12 bits per heavy atom. The molecule has 0 aliphatic heterocycles. The zero-order valence-corrected chi connectivity index (χ0v) is 17.8. The van der Waals surface area contributed by atoms with Crippen LogP contribution < -0.4 is 0 Å². The van der Waals surface area contributed by atoms with Crippen LogP contribution in [-0.4, -0.2) is 21.3 Å². The maximum atomic E-state index is 10.8. The minimum Gasteiger partial charge on any atom is -0.270 e. The lowest BCUT2D eigenvalue weighted by atomic mass is 10.1. The SMILES string of the molecule is CCCCCCCCCCC/C=C\C/C=C\C/C=C\CCOS(C)(=O)=O. The van der Waals surface area contributed by atoms with E-state index in [1.165, 1.54) is 64.2 Å². The predicted octanol–water partition coefficient (Wildman–Crippen LogP) is 6.72. The highest BCUT2D eigenvalue weighted by molar-refractivity contribution is 7.85. The van der Waals surface area contributed by atoms with E-state index >= 15 is 0 Å². The van der Waals surface area contributed by atoms with Crippen molar-refractivity contribution >= 4 is 10.1 Å². The van der Waals surface area contributed by atoms with E-state index in [9.17, 15) is 8.42 Å². The minimum atomic E-state index is -3.30. The van der Waals surface area contributed by atoms with Crippen LogP contribution in [0, 0.1) is 0 Å². The summed E-state index contributed by atoms with van der Waals surface area (Å²) >= 11 is 0. The van der Waals surface area contributed by atoms with E-state index in [1.54, 1.807) is 0 Å². The van der Waals surface area contributed by atoms with Gasteiger partial charge in [-0.1, -0.05) is 94.7 Å². The molecule has 0 aliphatic rings. The average molecular weight is 385 g/mol. The number of rotatable bonds is 18. The zero-order chi connectivity index (χ0) is 19.3. The summed E-state index contributed by atoms with van der Waals surface area (Å²) in [5.74, 6) is 0. The van der Waals surface area contributed by atoms with Crippen LogP contribution in [0.5, 0.6) is 0 Å². The third-order valence-electron chi connectivity index (χ3n) is 4.10. The topological polar surface area (TPSA) is 43.4 Å². The molecular formula is C22H40O3S. The molecule has 3 nitrogen and oxygen atoms in total. The van der Waals surface area contributed by atoms with Gasteiger partial charge in [0.05, 0.1) is 12.9 Å². The number of allylic oxidation sites excluding steroid dienone is 5. The quantitative estimate of drug-likeness (QED) is 0.150. The molecule has 0 rings (SSSR count). The molecule has 4 heteroatoms. The highest BCUT2D eigenvalue weighted by atomic mass is 32.2. The van der Waals surface area contributed by atoms with Gasteiger partial charge in [0, 0.05) is 0 Å². The van der Waals surface area contributed by atoms with E-state index < -0.39 is 10.1 Å². The Bertz CT molecular complexity index is 476. The molecule has 0 saturated heterocycles. The summed E-state index contributed by atoms with van der Waals surface area (Å²) in [6.45, 7) is 2.49. The van der Waals surface area contributed by atoms with Gasteiger partial charge in [0.2, 0.25) is 0 Å². The molecule has 0 aromatic rings. The van der Waals surface area contributed by atoms with Gasteiger partial charge in [-0.2, -0.15) is 8.42 Å². The smallest absolute Gasteiger partial charge is 0.264 e. The molecule has 152 valence electrons. The van der Waals surface area contributed by atoms with Crippen molar-refractivity contribution in [3.63, 3.8) is 0 Å². The Hall–Kier alpha value is -0.870. The molecule has 26 heavy (non-hydrogen) atoms. The Kier molecular flexibility index (Phi) is 18.3. The lowest BCUT2D eigenvalue weighted by Crippen LogP contribution is -2.02. The molecule has 0 unspecified atom stereocenters. The van der Waals surface area contributed by atoms with Crippen LogP contribution in [-0.2, 0) is 14.3 Å². The number of unbranched alkanes of at least 4 members (excludes halogenated alkanes) is 9. The van der Waals surface area contributed by atoms with Gasteiger partial charge in [-0.15, -0.1) is 0 Å².